The maximum atomic E-state index is 11.6. The molecule has 0 aliphatic heterocycles. The lowest BCUT2D eigenvalue weighted by Crippen LogP contribution is -2.25. The van der Waals surface area contributed by atoms with Gasteiger partial charge in [-0.1, -0.05) is 18.2 Å². The molecule has 21 heavy (non-hydrogen) atoms. The number of carbonyl (C=O) groups excluding carboxylic acids is 1. The maximum absolute atomic E-state index is 11.6. The molecular formula is C16H17N3O2. The number of carbonyl (C=O) groups is 1. The number of aryl methyl sites for hydroxylation is 1. The third kappa shape index (κ3) is 4.99. The molecule has 2 N–H and O–H groups in total. The van der Waals surface area contributed by atoms with Crippen LogP contribution in [0.15, 0.2) is 58.3 Å². The summed E-state index contributed by atoms with van der Waals surface area (Å²) < 4.78 is 5.11. The van der Waals surface area contributed by atoms with Crippen molar-refractivity contribution in [2.45, 2.75) is 6.92 Å². The van der Waals surface area contributed by atoms with Crippen LogP contribution in [0.1, 0.15) is 11.3 Å². The lowest BCUT2D eigenvalue weighted by Gasteiger charge is -2.07. The van der Waals surface area contributed by atoms with Gasteiger partial charge in [-0.25, -0.2) is 5.43 Å². The highest BCUT2D eigenvalue weighted by molar-refractivity contribution is 5.83. The van der Waals surface area contributed by atoms with Gasteiger partial charge in [-0.05, 0) is 42.8 Å². The van der Waals surface area contributed by atoms with Crippen molar-refractivity contribution >= 4 is 23.9 Å². The first-order valence-corrected chi connectivity index (χ1v) is 6.57. The number of rotatable bonds is 6. The number of hydrogen-bond donors (Lipinski definition) is 2. The van der Waals surface area contributed by atoms with Crippen molar-refractivity contribution in [1.82, 2.24) is 5.43 Å². The number of anilines is 1. The number of nitrogens with one attached hydrogen (secondary N) is 2. The van der Waals surface area contributed by atoms with Gasteiger partial charge in [0.1, 0.15) is 5.76 Å². The highest BCUT2D eigenvalue weighted by Gasteiger charge is 2.00. The first-order valence-electron chi connectivity index (χ1n) is 6.57. The van der Waals surface area contributed by atoms with Gasteiger partial charge in [-0.3, -0.25) is 4.79 Å². The summed E-state index contributed by atoms with van der Waals surface area (Å²) in [6.07, 6.45) is 6.53. The van der Waals surface area contributed by atoms with Crippen LogP contribution in [0.3, 0.4) is 0 Å². The molecule has 0 saturated carbocycles. The molecule has 0 spiro atoms. The Morgan fingerprint density at radius 1 is 1.29 bits per heavy atom. The van der Waals surface area contributed by atoms with Crippen molar-refractivity contribution in [3.8, 4) is 0 Å². The molecule has 0 radical (unpaired) electrons. The van der Waals surface area contributed by atoms with Gasteiger partial charge >= 0.3 is 0 Å². The third-order valence-electron chi connectivity index (χ3n) is 2.74. The van der Waals surface area contributed by atoms with Crippen molar-refractivity contribution in [1.29, 1.82) is 0 Å². The minimum atomic E-state index is -0.207. The summed E-state index contributed by atoms with van der Waals surface area (Å²) >= 11 is 0. The molecule has 0 unspecified atom stereocenters. The molecule has 0 saturated heterocycles. The van der Waals surface area contributed by atoms with E-state index in [9.17, 15) is 4.79 Å². The molecule has 5 nitrogen and oxygen atoms in total. The van der Waals surface area contributed by atoms with Gasteiger partial charge < -0.3 is 9.73 Å². The van der Waals surface area contributed by atoms with Crippen LogP contribution in [0.5, 0.6) is 0 Å². The normalized spacial score (nSPS) is 11.1. The minimum Gasteiger partial charge on any atom is -0.465 e. The first-order chi connectivity index (χ1) is 10.3. The Morgan fingerprint density at radius 2 is 2.14 bits per heavy atom. The van der Waals surface area contributed by atoms with Gasteiger partial charge in [0, 0.05) is 11.9 Å². The Kier molecular flexibility index (Phi) is 5.34. The zero-order valence-corrected chi connectivity index (χ0v) is 11.7. The number of nitrogens with zero attached hydrogens (tertiary/aromatic N) is 1. The van der Waals surface area contributed by atoms with E-state index in [-0.39, 0.29) is 12.5 Å². The van der Waals surface area contributed by atoms with E-state index in [4.69, 9.17) is 4.42 Å². The monoisotopic (exact) mass is 283 g/mol. The molecule has 0 bridgehead atoms. The zero-order valence-electron chi connectivity index (χ0n) is 11.7. The van der Waals surface area contributed by atoms with E-state index in [0.29, 0.717) is 0 Å². The Hall–Kier alpha value is -2.82. The van der Waals surface area contributed by atoms with Crippen LogP contribution in [-0.2, 0) is 4.79 Å². The predicted octanol–water partition coefficient (Wildman–Crippen LogP) is 2.82. The number of hydrogen-bond acceptors (Lipinski definition) is 4. The second-order valence-electron chi connectivity index (χ2n) is 4.36. The van der Waals surface area contributed by atoms with Crippen molar-refractivity contribution in [3.05, 3.63) is 60.1 Å². The molecule has 2 rings (SSSR count). The highest BCUT2D eigenvalue weighted by atomic mass is 16.3. The van der Waals surface area contributed by atoms with E-state index in [1.165, 1.54) is 6.21 Å². The van der Waals surface area contributed by atoms with Gasteiger partial charge in [-0.15, -0.1) is 0 Å². The van der Waals surface area contributed by atoms with Crippen molar-refractivity contribution < 1.29 is 9.21 Å². The summed E-state index contributed by atoms with van der Waals surface area (Å²) in [5.74, 6) is 0.523. The van der Waals surface area contributed by atoms with Crippen LogP contribution in [-0.4, -0.2) is 18.7 Å². The molecule has 0 aliphatic rings. The van der Waals surface area contributed by atoms with Crippen molar-refractivity contribution in [2.24, 2.45) is 5.10 Å². The molecule has 1 aromatic heterocycles. The number of allylic oxidation sites excluding steroid dienone is 1. The molecule has 1 heterocycles. The van der Waals surface area contributed by atoms with Crippen LogP contribution < -0.4 is 10.7 Å². The molecule has 0 atom stereocenters. The minimum absolute atomic E-state index is 0.171. The van der Waals surface area contributed by atoms with E-state index in [0.717, 1.165) is 17.0 Å². The predicted molar refractivity (Wildman–Crippen MR) is 84.0 cm³/mol. The number of amides is 1. The van der Waals surface area contributed by atoms with Crippen molar-refractivity contribution in [2.75, 3.05) is 11.9 Å². The summed E-state index contributed by atoms with van der Waals surface area (Å²) in [6.45, 7) is 2.15. The molecule has 1 aromatic carbocycles. The van der Waals surface area contributed by atoms with E-state index in [1.54, 1.807) is 24.5 Å². The van der Waals surface area contributed by atoms with E-state index in [2.05, 4.69) is 15.8 Å². The first kappa shape index (κ1) is 14.6. The zero-order chi connectivity index (χ0) is 14.9. The maximum Gasteiger partial charge on any atom is 0.259 e. The Labute approximate surface area is 123 Å². The lowest BCUT2D eigenvalue weighted by atomic mass is 10.2. The highest BCUT2D eigenvalue weighted by Crippen LogP contribution is 2.12. The largest absolute Gasteiger partial charge is 0.465 e. The molecule has 0 aliphatic carbocycles. The number of hydrazone groups is 1. The lowest BCUT2D eigenvalue weighted by molar-refractivity contribution is -0.119. The molecule has 1 amide bonds. The SMILES string of the molecule is Cc1ccccc1NCC(=O)N/N=C\C=C\c1ccco1. The van der Waals surface area contributed by atoms with E-state index >= 15 is 0 Å². The third-order valence-corrected chi connectivity index (χ3v) is 2.74. The number of benzene rings is 1. The fraction of sp³-hybridized carbons (Fsp3) is 0.125. The fourth-order valence-corrected chi connectivity index (χ4v) is 1.66. The van der Waals surface area contributed by atoms with Crippen LogP contribution in [0.2, 0.25) is 0 Å². The van der Waals surface area contributed by atoms with E-state index < -0.39 is 0 Å². The Morgan fingerprint density at radius 3 is 2.90 bits per heavy atom. The Balaban J connectivity index is 1.71. The second-order valence-corrected chi connectivity index (χ2v) is 4.36. The standard InChI is InChI=1S/C16H17N3O2/c1-13-6-2-3-9-15(13)17-12-16(20)19-18-10-4-7-14-8-5-11-21-14/h2-11,17H,12H2,1H3,(H,19,20)/b7-4+,18-10-. The molecule has 2 aromatic rings. The fourth-order valence-electron chi connectivity index (χ4n) is 1.66. The second kappa shape index (κ2) is 7.69. The summed E-state index contributed by atoms with van der Waals surface area (Å²) in [7, 11) is 0. The van der Waals surface area contributed by atoms with Gasteiger partial charge in [0.25, 0.3) is 5.91 Å². The topological polar surface area (TPSA) is 66.6 Å². The average molecular weight is 283 g/mol. The van der Waals surface area contributed by atoms with Gasteiger partial charge in [0.05, 0.1) is 12.8 Å². The molecule has 0 fully saturated rings. The summed E-state index contributed by atoms with van der Waals surface area (Å²) in [5, 5.41) is 6.87. The van der Waals surface area contributed by atoms with Crippen LogP contribution >= 0.6 is 0 Å². The quantitative estimate of drug-likeness (QED) is 0.633. The van der Waals surface area contributed by atoms with Gasteiger partial charge in [0.2, 0.25) is 0 Å². The summed E-state index contributed by atoms with van der Waals surface area (Å²) in [4.78, 5) is 11.6. The van der Waals surface area contributed by atoms with E-state index in [1.807, 2.05) is 37.3 Å². The van der Waals surface area contributed by atoms with Gasteiger partial charge in [0.15, 0.2) is 0 Å². The van der Waals surface area contributed by atoms with Crippen LogP contribution in [0, 0.1) is 6.92 Å². The van der Waals surface area contributed by atoms with Gasteiger partial charge in [-0.2, -0.15) is 5.10 Å². The number of furan rings is 1. The molecule has 108 valence electrons. The Bertz CT molecular complexity index is 631. The van der Waals surface area contributed by atoms with Crippen molar-refractivity contribution in [3.63, 3.8) is 0 Å². The van der Waals surface area contributed by atoms with Crippen LogP contribution in [0.25, 0.3) is 6.08 Å². The summed E-state index contributed by atoms with van der Waals surface area (Å²) in [6, 6.07) is 11.4. The average Bonchev–Trinajstić information content (AvgIpc) is 2.99. The smallest absolute Gasteiger partial charge is 0.259 e. The molecule has 5 heteroatoms. The molecular weight excluding hydrogens is 266 g/mol. The number of para-hydroxylation sites is 1. The van der Waals surface area contributed by atoms with Crippen LogP contribution in [0.4, 0.5) is 5.69 Å². The summed E-state index contributed by atoms with van der Waals surface area (Å²) in [5.41, 5.74) is 4.47.